The van der Waals surface area contributed by atoms with Crippen LogP contribution in [0.3, 0.4) is 0 Å². The molecule has 3 aromatic rings. The number of amides is 2. The van der Waals surface area contributed by atoms with Gasteiger partial charge < -0.3 is 15.0 Å². The predicted molar refractivity (Wildman–Crippen MR) is 135 cm³/mol. The van der Waals surface area contributed by atoms with E-state index >= 15 is 4.39 Å². The number of fused-ring (bicyclic) bond motifs is 2. The molecule has 194 valence electrons. The van der Waals surface area contributed by atoms with Crippen molar-refractivity contribution in [1.29, 1.82) is 0 Å². The quantitative estimate of drug-likeness (QED) is 0.521. The van der Waals surface area contributed by atoms with Gasteiger partial charge in [0.25, 0.3) is 5.91 Å². The molecule has 2 amide bonds. The first-order valence-corrected chi connectivity index (χ1v) is 12.9. The average molecular weight is 529 g/mol. The molecule has 2 atom stereocenters. The molecule has 5 heterocycles. The Bertz CT molecular complexity index is 1360. The van der Waals surface area contributed by atoms with Crippen molar-refractivity contribution in [2.24, 2.45) is 0 Å². The van der Waals surface area contributed by atoms with E-state index in [1.54, 1.807) is 31.3 Å². The molecular weight excluding hydrogens is 502 g/mol. The number of ether oxygens (including phenoxy) is 1. The van der Waals surface area contributed by atoms with Gasteiger partial charge in [0.15, 0.2) is 0 Å². The molecule has 0 unspecified atom stereocenters. The zero-order valence-corrected chi connectivity index (χ0v) is 21.2. The summed E-state index contributed by atoms with van der Waals surface area (Å²) in [7, 11) is 3.06. The number of aromatic nitrogens is 3. The average Bonchev–Trinajstić information content (AvgIpc) is 2.91. The standard InChI is InChI=1S/C25H26F2N6O3S/c1-32(25(35)18-3-5-20-24(29-18)30-21(34)13-37-20)19-8-10-33(12-16(19)27)9-7-14-15(26)11-28-17-4-6-22(36-2)31-23(14)17/h3-6,11,16,19H,7-10,12-13H2,1-2H3,(H,29,30,34)/t16-,19+/m1/s1. The van der Waals surface area contributed by atoms with Crippen molar-refractivity contribution in [2.75, 3.05) is 44.9 Å². The van der Waals surface area contributed by atoms with Gasteiger partial charge in [-0.25, -0.2) is 18.7 Å². The Morgan fingerprint density at radius 1 is 1.30 bits per heavy atom. The van der Waals surface area contributed by atoms with Crippen LogP contribution in [0.4, 0.5) is 14.6 Å². The van der Waals surface area contributed by atoms with Gasteiger partial charge in [-0.15, -0.1) is 11.8 Å². The Balaban J connectivity index is 1.23. The summed E-state index contributed by atoms with van der Waals surface area (Å²) in [6, 6.07) is 6.12. The largest absolute Gasteiger partial charge is 0.481 e. The molecule has 1 saturated heterocycles. The Kier molecular flexibility index (Phi) is 7.20. The first-order valence-electron chi connectivity index (χ1n) is 11.9. The predicted octanol–water partition coefficient (Wildman–Crippen LogP) is 2.94. The number of halogens is 2. The van der Waals surface area contributed by atoms with Gasteiger partial charge in [-0.1, -0.05) is 0 Å². The fourth-order valence-corrected chi connectivity index (χ4v) is 5.46. The van der Waals surface area contributed by atoms with E-state index in [-0.39, 0.29) is 18.1 Å². The summed E-state index contributed by atoms with van der Waals surface area (Å²) in [6.45, 7) is 1.10. The highest BCUT2D eigenvalue weighted by atomic mass is 32.2. The van der Waals surface area contributed by atoms with E-state index in [4.69, 9.17) is 4.74 Å². The first-order chi connectivity index (χ1) is 17.8. The highest BCUT2D eigenvalue weighted by molar-refractivity contribution is 8.00. The van der Waals surface area contributed by atoms with Crippen LogP contribution in [0, 0.1) is 5.82 Å². The lowest BCUT2D eigenvalue weighted by Gasteiger charge is -2.39. The number of thioether (sulfide) groups is 1. The van der Waals surface area contributed by atoms with Crippen molar-refractivity contribution in [1.82, 2.24) is 24.8 Å². The molecule has 0 saturated carbocycles. The monoisotopic (exact) mass is 528 g/mol. The number of piperidine rings is 1. The fourth-order valence-electron chi connectivity index (χ4n) is 4.71. The maximum atomic E-state index is 15.3. The summed E-state index contributed by atoms with van der Waals surface area (Å²) in [5.41, 5.74) is 1.57. The van der Waals surface area contributed by atoms with Gasteiger partial charge in [0.2, 0.25) is 11.8 Å². The smallest absolute Gasteiger partial charge is 0.272 e. The third kappa shape index (κ3) is 5.21. The van der Waals surface area contributed by atoms with Gasteiger partial charge in [-0.3, -0.25) is 19.5 Å². The number of anilines is 1. The maximum absolute atomic E-state index is 15.3. The van der Waals surface area contributed by atoms with Gasteiger partial charge in [-0.2, -0.15) is 0 Å². The van der Waals surface area contributed by atoms with Crippen molar-refractivity contribution in [3.05, 3.63) is 47.5 Å². The van der Waals surface area contributed by atoms with E-state index in [1.165, 1.54) is 30.0 Å². The van der Waals surface area contributed by atoms with Gasteiger partial charge in [-0.05, 0) is 31.0 Å². The highest BCUT2D eigenvalue weighted by Gasteiger charge is 2.35. The van der Waals surface area contributed by atoms with Crippen LogP contribution in [0.1, 0.15) is 22.5 Å². The van der Waals surface area contributed by atoms with Crippen LogP contribution in [0.15, 0.2) is 35.4 Å². The number of pyridine rings is 3. The highest BCUT2D eigenvalue weighted by Crippen LogP contribution is 2.30. The van der Waals surface area contributed by atoms with Crippen LogP contribution in [-0.4, -0.2) is 88.3 Å². The summed E-state index contributed by atoms with van der Waals surface area (Å²) in [4.78, 5) is 41.6. The number of nitrogens with one attached hydrogen (secondary N) is 1. The summed E-state index contributed by atoms with van der Waals surface area (Å²) < 4.78 is 35.1. The zero-order valence-electron chi connectivity index (χ0n) is 20.4. The molecule has 0 aliphatic carbocycles. The molecule has 2 aliphatic heterocycles. The number of carbonyl (C=O) groups excluding carboxylic acids is 2. The van der Waals surface area contributed by atoms with Crippen molar-refractivity contribution in [2.45, 2.75) is 30.0 Å². The van der Waals surface area contributed by atoms with E-state index in [2.05, 4.69) is 20.3 Å². The number of carbonyl (C=O) groups is 2. The lowest BCUT2D eigenvalue weighted by Crippen LogP contribution is -2.53. The van der Waals surface area contributed by atoms with Crippen molar-refractivity contribution < 1.29 is 23.1 Å². The normalized spacial score (nSPS) is 19.8. The molecular formula is C25H26F2N6O3S. The Morgan fingerprint density at radius 2 is 2.14 bits per heavy atom. The van der Waals surface area contributed by atoms with Crippen molar-refractivity contribution in [3.8, 4) is 5.88 Å². The Labute approximate surface area is 216 Å². The second kappa shape index (κ2) is 10.5. The zero-order chi connectivity index (χ0) is 26.1. The van der Waals surface area contributed by atoms with E-state index in [0.717, 1.165) is 4.90 Å². The minimum atomic E-state index is -1.28. The summed E-state index contributed by atoms with van der Waals surface area (Å²) in [6.07, 6.45) is 0.648. The van der Waals surface area contributed by atoms with E-state index < -0.39 is 23.9 Å². The first kappa shape index (κ1) is 25.3. The topological polar surface area (TPSA) is 101 Å². The maximum Gasteiger partial charge on any atom is 0.272 e. The fraction of sp³-hybridized carbons (Fsp3) is 0.400. The molecule has 0 spiro atoms. The van der Waals surface area contributed by atoms with Gasteiger partial charge in [0.1, 0.15) is 23.5 Å². The number of rotatable bonds is 6. The second-order valence-electron chi connectivity index (χ2n) is 9.02. The third-order valence-corrected chi connectivity index (χ3v) is 7.78. The molecule has 5 rings (SSSR count). The number of nitrogens with zero attached hydrogens (tertiary/aromatic N) is 5. The van der Waals surface area contributed by atoms with Crippen LogP contribution < -0.4 is 10.1 Å². The SMILES string of the molecule is COc1ccc2ncc(F)c(CCN3CC[C@H](N(C)C(=O)c4ccc5c(n4)NC(=O)CS5)[C@H](F)C3)c2n1. The summed E-state index contributed by atoms with van der Waals surface area (Å²) in [5.74, 6) is -0.00746. The van der Waals surface area contributed by atoms with Crippen LogP contribution in [0.2, 0.25) is 0 Å². The number of alkyl halides is 1. The van der Waals surface area contributed by atoms with Gasteiger partial charge >= 0.3 is 0 Å². The summed E-state index contributed by atoms with van der Waals surface area (Å²) in [5, 5.41) is 2.67. The lowest BCUT2D eigenvalue weighted by atomic mass is 10.00. The minimum Gasteiger partial charge on any atom is -0.481 e. The molecule has 0 aromatic carbocycles. The molecule has 0 bridgehead atoms. The molecule has 12 heteroatoms. The Morgan fingerprint density at radius 3 is 2.92 bits per heavy atom. The number of likely N-dealkylation sites (tertiary alicyclic amines) is 1. The molecule has 3 aromatic heterocycles. The van der Waals surface area contributed by atoms with Gasteiger partial charge in [0, 0.05) is 38.3 Å². The molecule has 37 heavy (non-hydrogen) atoms. The number of hydrogen-bond acceptors (Lipinski definition) is 8. The molecule has 1 N–H and O–H groups in total. The molecule has 1 fully saturated rings. The van der Waals surface area contributed by atoms with Crippen molar-refractivity contribution in [3.63, 3.8) is 0 Å². The molecule has 9 nitrogen and oxygen atoms in total. The third-order valence-electron chi connectivity index (χ3n) is 6.73. The minimum absolute atomic E-state index is 0.119. The Hall–Kier alpha value is -3.38. The second-order valence-corrected chi connectivity index (χ2v) is 10.0. The van der Waals surface area contributed by atoms with Crippen molar-refractivity contribution >= 4 is 40.4 Å². The van der Waals surface area contributed by atoms with E-state index in [1.807, 2.05) is 4.90 Å². The summed E-state index contributed by atoms with van der Waals surface area (Å²) >= 11 is 1.36. The van der Waals surface area contributed by atoms with E-state index in [0.29, 0.717) is 60.0 Å². The van der Waals surface area contributed by atoms with Gasteiger partial charge in [0.05, 0.1) is 41.0 Å². The lowest BCUT2D eigenvalue weighted by molar-refractivity contribution is -0.113. The molecule has 2 aliphatic rings. The number of hydrogen-bond donors (Lipinski definition) is 1. The van der Waals surface area contributed by atoms with Crippen LogP contribution in [-0.2, 0) is 11.2 Å². The van der Waals surface area contributed by atoms with Crippen LogP contribution in [0.5, 0.6) is 5.88 Å². The molecule has 0 radical (unpaired) electrons. The van der Waals surface area contributed by atoms with Crippen LogP contribution in [0.25, 0.3) is 11.0 Å². The van der Waals surface area contributed by atoms with Crippen LogP contribution >= 0.6 is 11.8 Å². The van der Waals surface area contributed by atoms with E-state index in [9.17, 15) is 14.0 Å². The number of methoxy groups -OCH3 is 1.